The number of para-hydroxylation sites is 2. The van der Waals surface area contributed by atoms with E-state index in [4.69, 9.17) is 4.74 Å². The van der Waals surface area contributed by atoms with Crippen LogP contribution >= 0.6 is 0 Å². The van der Waals surface area contributed by atoms with Crippen LogP contribution in [0.2, 0.25) is 0 Å². The molecule has 0 spiro atoms. The van der Waals surface area contributed by atoms with Gasteiger partial charge in [-0.15, -0.1) is 0 Å². The number of ether oxygens (including phenoxy) is 1. The van der Waals surface area contributed by atoms with Crippen LogP contribution < -0.4 is 10.2 Å². The minimum absolute atomic E-state index is 0.540. The molecule has 0 fully saturated rings. The summed E-state index contributed by atoms with van der Waals surface area (Å²) >= 11 is 0. The number of rotatable bonds is 6. The summed E-state index contributed by atoms with van der Waals surface area (Å²) in [7, 11) is 0. The molecule has 0 amide bonds. The van der Waals surface area contributed by atoms with Gasteiger partial charge in [-0.1, -0.05) is 60.2 Å². The predicted molar refractivity (Wildman–Crippen MR) is 99.6 cm³/mol. The van der Waals surface area contributed by atoms with Gasteiger partial charge in [0.2, 0.25) is 0 Å². The summed E-state index contributed by atoms with van der Waals surface area (Å²) < 4.78 is 5.96. The van der Waals surface area contributed by atoms with Crippen molar-refractivity contribution in [2.24, 2.45) is 5.10 Å². The smallest absolute Gasteiger partial charge is 0.128 e. The molecular formula is C21H20N2O. The minimum atomic E-state index is 0.540. The van der Waals surface area contributed by atoms with Crippen LogP contribution in [-0.2, 0) is 6.61 Å². The van der Waals surface area contributed by atoms with Crippen LogP contribution in [0.4, 0.5) is 5.69 Å². The molecule has 3 rings (SSSR count). The van der Waals surface area contributed by atoms with Gasteiger partial charge in [0.1, 0.15) is 12.4 Å². The Morgan fingerprint density at radius 3 is 2.54 bits per heavy atom. The topological polar surface area (TPSA) is 33.6 Å². The van der Waals surface area contributed by atoms with Gasteiger partial charge in [-0.25, -0.2) is 0 Å². The first kappa shape index (κ1) is 15.8. The Hall–Kier alpha value is -3.07. The minimum Gasteiger partial charge on any atom is -0.488 e. The third kappa shape index (κ3) is 4.46. The van der Waals surface area contributed by atoms with Crippen molar-refractivity contribution in [1.82, 2.24) is 0 Å². The molecule has 0 atom stereocenters. The summed E-state index contributed by atoms with van der Waals surface area (Å²) in [6, 6.07) is 26.1. The zero-order valence-electron chi connectivity index (χ0n) is 13.6. The van der Waals surface area contributed by atoms with Gasteiger partial charge in [-0.05, 0) is 36.8 Å². The van der Waals surface area contributed by atoms with Crippen LogP contribution in [0.5, 0.6) is 5.75 Å². The Labute approximate surface area is 142 Å². The summed E-state index contributed by atoms with van der Waals surface area (Å²) in [5, 5.41) is 4.29. The lowest BCUT2D eigenvalue weighted by Gasteiger charge is -2.09. The van der Waals surface area contributed by atoms with Gasteiger partial charge < -0.3 is 4.74 Å². The quantitative estimate of drug-likeness (QED) is 0.512. The number of hydrazone groups is 1. The van der Waals surface area contributed by atoms with E-state index in [1.165, 1.54) is 5.56 Å². The number of aryl methyl sites for hydroxylation is 1. The standard InChI is InChI=1S/C21H20N2O/c1-17-8-7-9-18(14-17)16-24-21-13-6-5-10-19(21)15-22-23-20-11-3-2-4-12-20/h2-15,23H,16H2,1H3. The maximum absolute atomic E-state index is 5.96. The van der Waals surface area contributed by atoms with Gasteiger partial charge in [0.05, 0.1) is 11.9 Å². The van der Waals surface area contributed by atoms with Crippen LogP contribution in [0.1, 0.15) is 16.7 Å². The fourth-order valence-corrected chi connectivity index (χ4v) is 2.37. The summed E-state index contributed by atoms with van der Waals surface area (Å²) in [4.78, 5) is 0. The van der Waals surface area contributed by atoms with Crippen molar-refractivity contribution in [1.29, 1.82) is 0 Å². The van der Waals surface area contributed by atoms with Crippen molar-refractivity contribution >= 4 is 11.9 Å². The average Bonchev–Trinajstić information content (AvgIpc) is 2.62. The van der Waals surface area contributed by atoms with Crippen LogP contribution in [0.15, 0.2) is 84.0 Å². The Kier molecular flexibility index (Phi) is 5.25. The Bertz CT molecular complexity index is 813. The third-order valence-corrected chi connectivity index (χ3v) is 3.57. The maximum Gasteiger partial charge on any atom is 0.128 e. The molecule has 0 aliphatic rings. The molecule has 0 bridgehead atoms. The first-order chi connectivity index (χ1) is 11.8. The van der Waals surface area contributed by atoms with Crippen LogP contribution in [-0.4, -0.2) is 6.21 Å². The average molecular weight is 316 g/mol. The molecule has 0 heterocycles. The van der Waals surface area contributed by atoms with Gasteiger partial charge in [-0.2, -0.15) is 5.10 Å². The zero-order chi connectivity index (χ0) is 16.6. The van der Waals surface area contributed by atoms with E-state index < -0.39 is 0 Å². The summed E-state index contributed by atoms with van der Waals surface area (Å²) in [5.74, 6) is 0.817. The van der Waals surface area contributed by atoms with Crippen molar-refractivity contribution in [2.45, 2.75) is 13.5 Å². The second-order valence-corrected chi connectivity index (χ2v) is 5.55. The van der Waals surface area contributed by atoms with E-state index in [1.807, 2.05) is 60.7 Å². The fourth-order valence-electron chi connectivity index (χ4n) is 2.37. The third-order valence-electron chi connectivity index (χ3n) is 3.57. The van der Waals surface area contributed by atoms with E-state index in [0.717, 1.165) is 22.6 Å². The molecule has 120 valence electrons. The van der Waals surface area contributed by atoms with Crippen molar-refractivity contribution in [3.63, 3.8) is 0 Å². The Morgan fingerprint density at radius 2 is 1.71 bits per heavy atom. The lowest BCUT2D eigenvalue weighted by molar-refractivity contribution is 0.305. The van der Waals surface area contributed by atoms with Crippen LogP contribution in [0.25, 0.3) is 0 Å². The molecule has 0 aliphatic carbocycles. The lowest BCUT2D eigenvalue weighted by atomic mass is 10.1. The summed E-state index contributed by atoms with van der Waals surface area (Å²) in [6.45, 7) is 2.62. The Balaban J connectivity index is 1.66. The molecule has 0 aromatic heterocycles. The van der Waals surface area contributed by atoms with Crippen molar-refractivity contribution in [3.8, 4) is 5.75 Å². The number of nitrogens with zero attached hydrogens (tertiary/aromatic N) is 1. The van der Waals surface area contributed by atoms with Crippen LogP contribution in [0.3, 0.4) is 0 Å². The number of benzene rings is 3. The maximum atomic E-state index is 5.96. The highest BCUT2D eigenvalue weighted by atomic mass is 16.5. The van der Waals surface area contributed by atoms with E-state index in [-0.39, 0.29) is 0 Å². The molecule has 0 unspecified atom stereocenters. The van der Waals surface area contributed by atoms with Gasteiger partial charge in [0, 0.05) is 5.56 Å². The molecule has 3 nitrogen and oxygen atoms in total. The molecule has 3 aromatic carbocycles. The van der Waals surface area contributed by atoms with E-state index >= 15 is 0 Å². The van der Waals surface area contributed by atoms with Crippen molar-refractivity contribution in [3.05, 3.63) is 95.6 Å². The summed E-state index contributed by atoms with van der Waals surface area (Å²) in [5.41, 5.74) is 7.30. The zero-order valence-corrected chi connectivity index (χ0v) is 13.6. The van der Waals surface area contributed by atoms with E-state index in [0.29, 0.717) is 6.61 Å². The first-order valence-corrected chi connectivity index (χ1v) is 7.93. The number of hydrogen-bond donors (Lipinski definition) is 1. The molecule has 0 saturated carbocycles. The van der Waals surface area contributed by atoms with Gasteiger partial charge in [-0.3, -0.25) is 5.43 Å². The fraction of sp³-hybridized carbons (Fsp3) is 0.0952. The van der Waals surface area contributed by atoms with E-state index in [9.17, 15) is 0 Å². The largest absolute Gasteiger partial charge is 0.488 e. The van der Waals surface area contributed by atoms with Crippen molar-refractivity contribution < 1.29 is 4.74 Å². The molecule has 3 heteroatoms. The molecule has 24 heavy (non-hydrogen) atoms. The van der Waals surface area contributed by atoms with Gasteiger partial charge >= 0.3 is 0 Å². The molecular weight excluding hydrogens is 296 g/mol. The number of anilines is 1. The number of hydrogen-bond acceptors (Lipinski definition) is 3. The highest BCUT2D eigenvalue weighted by molar-refractivity contribution is 5.83. The predicted octanol–water partition coefficient (Wildman–Crippen LogP) is 5.02. The highest BCUT2D eigenvalue weighted by Crippen LogP contribution is 2.18. The molecule has 0 radical (unpaired) electrons. The number of nitrogens with one attached hydrogen (secondary N) is 1. The second-order valence-electron chi connectivity index (χ2n) is 5.55. The first-order valence-electron chi connectivity index (χ1n) is 7.93. The van der Waals surface area contributed by atoms with Crippen molar-refractivity contribution in [2.75, 3.05) is 5.43 Å². The summed E-state index contributed by atoms with van der Waals surface area (Å²) in [6.07, 6.45) is 1.78. The normalized spacial score (nSPS) is 10.7. The van der Waals surface area contributed by atoms with E-state index in [1.54, 1.807) is 6.21 Å². The molecule has 3 aromatic rings. The lowest BCUT2D eigenvalue weighted by Crippen LogP contribution is -1.99. The van der Waals surface area contributed by atoms with Gasteiger partial charge in [0.15, 0.2) is 0 Å². The Morgan fingerprint density at radius 1 is 0.917 bits per heavy atom. The monoisotopic (exact) mass is 316 g/mol. The van der Waals surface area contributed by atoms with Gasteiger partial charge in [0.25, 0.3) is 0 Å². The van der Waals surface area contributed by atoms with Crippen LogP contribution in [0, 0.1) is 6.92 Å². The molecule has 0 aliphatic heterocycles. The van der Waals surface area contributed by atoms with E-state index in [2.05, 4.69) is 35.7 Å². The highest BCUT2D eigenvalue weighted by Gasteiger charge is 2.01. The molecule has 0 saturated heterocycles. The SMILES string of the molecule is Cc1cccc(COc2ccccc2C=NNc2ccccc2)c1. The molecule has 1 N–H and O–H groups in total. The second kappa shape index (κ2) is 7.97.